The lowest BCUT2D eigenvalue weighted by atomic mass is 9.92. The van der Waals surface area contributed by atoms with Crippen molar-refractivity contribution >= 4 is 9.84 Å². The van der Waals surface area contributed by atoms with Gasteiger partial charge in [0.2, 0.25) is 0 Å². The van der Waals surface area contributed by atoms with Crippen molar-refractivity contribution in [3.8, 4) is 0 Å². The molecule has 3 unspecified atom stereocenters. The molecule has 0 radical (unpaired) electrons. The van der Waals surface area contributed by atoms with E-state index in [0.29, 0.717) is 23.8 Å². The van der Waals surface area contributed by atoms with Crippen LogP contribution in [0.1, 0.15) is 46.0 Å². The lowest BCUT2D eigenvalue weighted by molar-refractivity contribution is -0.00731. The molecule has 3 aliphatic rings. The highest BCUT2D eigenvalue weighted by atomic mass is 32.2. The Labute approximate surface area is 129 Å². The van der Waals surface area contributed by atoms with Crippen molar-refractivity contribution in [2.75, 3.05) is 31.9 Å². The number of fused-ring (bicyclic) bond motifs is 1. The second-order valence-corrected chi connectivity index (χ2v) is 9.94. The molecule has 0 amide bonds. The van der Waals surface area contributed by atoms with E-state index in [9.17, 15) is 8.42 Å². The van der Waals surface area contributed by atoms with Gasteiger partial charge in [-0.1, -0.05) is 20.3 Å². The maximum atomic E-state index is 12.2. The lowest BCUT2D eigenvalue weighted by Gasteiger charge is -2.50. The second-order valence-electron chi connectivity index (χ2n) is 7.54. The van der Waals surface area contributed by atoms with Crippen molar-refractivity contribution in [1.82, 2.24) is 9.80 Å². The number of piperidine rings is 1. The average Bonchev–Trinajstić information content (AvgIpc) is 2.77. The third kappa shape index (κ3) is 3.30. The van der Waals surface area contributed by atoms with E-state index < -0.39 is 9.84 Å². The van der Waals surface area contributed by atoms with Gasteiger partial charge in [-0.3, -0.25) is 9.80 Å². The second kappa shape index (κ2) is 6.17. The number of piperazine rings is 1. The number of hydrogen-bond acceptors (Lipinski definition) is 4. The van der Waals surface area contributed by atoms with E-state index in [-0.39, 0.29) is 5.25 Å². The molecule has 0 aromatic heterocycles. The van der Waals surface area contributed by atoms with Crippen LogP contribution in [0.5, 0.6) is 0 Å². The fourth-order valence-electron chi connectivity index (χ4n) is 4.44. The zero-order valence-electron chi connectivity index (χ0n) is 13.5. The summed E-state index contributed by atoms with van der Waals surface area (Å²) in [5, 5.41) is -0.103. The summed E-state index contributed by atoms with van der Waals surface area (Å²) in [7, 11) is -2.82. The third-order valence-corrected chi connectivity index (χ3v) is 8.01. The van der Waals surface area contributed by atoms with Gasteiger partial charge in [-0.25, -0.2) is 8.42 Å². The highest BCUT2D eigenvalue weighted by molar-refractivity contribution is 7.92. The van der Waals surface area contributed by atoms with Crippen molar-refractivity contribution in [2.45, 2.75) is 63.3 Å². The summed E-state index contributed by atoms with van der Waals surface area (Å²) in [6.07, 6.45) is 5.70. The quantitative estimate of drug-likeness (QED) is 0.796. The largest absolute Gasteiger partial charge is 0.298 e. The molecule has 0 spiro atoms. The third-order valence-electron chi connectivity index (χ3n) is 5.76. The van der Waals surface area contributed by atoms with E-state index in [1.807, 2.05) is 0 Å². The number of sulfone groups is 1. The lowest BCUT2D eigenvalue weighted by Crippen LogP contribution is -2.62. The first kappa shape index (κ1) is 15.8. The summed E-state index contributed by atoms with van der Waals surface area (Å²) in [5.74, 6) is 1.00. The van der Waals surface area contributed by atoms with Gasteiger partial charge in [0.25, 0.3) is 0 Å². The van der Waals surface area contributed by atoms with Crippen LogP contribution in [0.3, 0.4) is 0 Å². The van der Waals surface area contributed by atoms with E-state index >= 15 is 0 Å². The SMILES string of the molecule is CC(C)C1CN2CCCCC2CN1CC1CCCS1(=O)=O. The Morgan fingerprint density at radius 1 is 1.10 bits per heavy atom. The fourth-order valence-corrected chi connectivity index (χ4v) is 6.28. The van der Waals surface area contributed by atoms with Crippen molar-refractivity contribution in [1.29, 1.82) is 0 Å². The van der Waals surface area contributed by atoms with Gasteiger partial charge < -0.3 is 0 Å². The van der Waals surface area contributed by atoms with E-state index in [0.717, 1.165) is 32.5 Å². The molecule has 21 heavy (non-hydrogen) atoms. The van der Waals surface area contributed by atoms with Crippen LogP contribution in [0.2, 0.25) is 0 Å². The Hall–Kier alpha value is -0.130. The van der Waals surface area contributed by atoms with Crippen molar-refractivity contribution < 1.29 is 8.42 Å². The standard InChI is InChI=1S/C16H30N2O2S/c1-13(2)16-12-17-8-4-3-6-14(17)10-18(16)11-15-7-5-9-21(15,19)20/h13-16H,3-12H2,1-2H3. The van der Waals surface area contributed by atoms with Crippen LogP contribution in [0.25, 0.3) is 0 Å². The minimum absolute atomic E-state index is 0.103. The van der Waals surface area contributed by atoms with E-state index in [2.05, 4.69) is 23.6 Å². The summed E-state index contributed by atoms with van der Waals surface area (Å²) in [4.78, 5) is 5.18. The van der Waals surface area contributed by atoms with Crippen LogP contribution in [0.15, 0.2) is 0 Å². The molecule has 3 rings (SSSR count). The van der Waals surface area contributed by atoms with Crippen LogP contribution in [0.4, 0.5) is 0 Å². The van der Waals surface area contributed by atoms with Crippen LogP contribution >= 0.6 is 0 Å². The topological polar surface area (TPSA) is 40.6 Å². The Morgan fingerprint density at radius 2 is 1.90 bits per heavy atom. The Balaban J connectivity index is 1.72. The zero-order valence-corrected chi connectivity index (χ0v) is 14.3. The molecule has 0 N–H and O–H groups in total. The van der Waals surface area contributed by atoms with Crippen molar-refractivity contribution in [3.05, 3.63) is 0 Å². The molecule has 3 fully saturated rings. The summed E-state index contributed by atoms with van der Waals surface area (Å²) >= 11 is 0. The minimum atomic E-state index is -2.82. The van der Waals surface area contributed by atoms with Gasteiger partial charge >= 0.3 is 0 Å². The number of rotatable bonds is 3. The monoisotopic (exact) mass is 314 g/mol. The molecular formula is C16H30N2O2S. The zero-order chi connectivity index (χ0) is 15.0. The molecule has 3 heterocycles. The molecule has 0 aromatic rings. The number of hydrogen-bond donors (Lipinski definition) is 0. The predicted octanol–water partition coefficient (Wildman–Crippen LogP) is 1.76. The van der Waals surface area contributed by atoms with Gasteiger partial charge in [0, 0.05) is 31.7 Å². The minimum Gasteiger partial charge on any atom is -0.298 e. The molecule has 0 aromatic carbocycles. The summed E-state index contributed by atoms with van der Waals surface area (Å²) < 4.78 is 24.3. The molecule has 3 aliphatic heterocycles. The van der Waals surface area contributed by atoms with E-state index in [1.54, 1.807) is 0 Å². The first-order valence-electron chi connectivity index (χ1n) is 8.67. The van der Waals surface area contributed by atoms with Crippen LogP contribution in [-0.4, -0.2) is 67.5 Å². The van der Waals surface area contributed by atoms with Gasteiger partial charge in [0.05, 0.1) is 11.0 Å². The first-order chi connectivity index (χ1) is 9.97. The Kier molecular flexibility index (Phi) is 4.63. The predicted molar refractivity (Wildman–Crippen MR) is 86.2 cm³/mol. The van der Waals surface area contributed by atoms with Crippen molar-refractivity contribution in [3.63, 3.8) is 0 Å². The Bertz CT molecular complexity index is 463. The maximum Gasteiger partial charge on any atom is 0.154 e. The van der Waals surface area contributed by atoms with Gasteiger partial charge in [-0.05, 0) is 38.1 Å². The molecule has 0 saturated carbocycles. The van der Waals surface area contributed by atoms with E-state index in [1.165, 1.54) is 25.8 Å². The maximum absolute atomic E-state index is 12.2. The van der Waals surface area contributed by atoms with E-state index in [4.69, 9.17) is 0 Å². The molecule has 0 aliphatic carbocycles. The summed E-state index contributed by atoms with van der Waals surface area (Å²) in [6, 6.07) is 1.19. The smallest absolute Gasteiger partial charge is 0.154 e. The van der Waals surface area contributed by atoms with Crippen LogP contribution in [0, 0.1) is 5.92 Å². The van der Waals surface area contributed by atoms with Gasteiger partial charge in [-0.2, -0.15) is 0 Å². The van der Waals surface area contributed by atoms with Gasteiger partial charge in [0.15, 0.2) is 9.84 Å². The molecule has 3 atom stereocenters. The van der Waals surface area contributed by atoms with Crippen molar-refractivity contribution in [2.24, 2.45) is 5.92 Å². The molecule has 3 saturated heterocycles. The normalized spacial score (nSPS) is 37.8. The van der Waals surface area contributed by atoms with Crippen LogP contribution < -0.4 is 0 Å². The average molecular weight is 314 g/mol. The Morgan fingerprint density at radius 3 is 2.57 bits per heavy atom. The summed E-state index contributed by atoms with van der Waals surface area (Å²) in [5.41, 5.74) is 0. The molecule has 4 nitrogen and oxygen atoms in total. The summed E-state index contributed by atoms with van der Waals surface area (Å²) in [6.45, 7) is 8.79. The van der Waals surface area contributed by atoms with Gasteiger partial charge in [0.1, 0.15) is 0 Å². The highest BCUT2D eigenvalue weighted by Gasteiger charge is 2.40. The molecule has 0 bridgehead atoms. The fraction of sp³-hybridized carbons (Fsp3) is 1.00. The van der Waals surface area contributed by atoms with Crippen LogP contribution in [-0.2, 0) is 9.84 Å². The molecular weight excluding hydrogens is 284 g/mol. The molecule has 5 heteroatoms. The highest BCUT2D eigenvalue weighted by Crippen LogP contribution is 2.29. The molecule has 122 valence electrons. The first-order valence-corrected chi connectivity index (χ1v) is 10.4. The van der Waals surface area contributed by atoms with Gasteiger partial charge in [-0.15, -0.1) is 0 Å². The number of nitrogens with zero attached hydrogens (tertiary/aromatic N) is 2.